The van der Waals surface area contributed by atoms with Gasteiger partial charge in [0.05, 0.1) is 42.7 Å². The highest BCUT2D eigenvalue weighted by molar-refractivity contribution is 6.20. The van der Waals surface area contributed by atoms with Gasteiger partial charge in [-0.15, -0.1) is 0 Å². The monoisotopic (exact) mass is 474 g/mol. The first-order valence-electron chi connectivity index (χ1n) is 10.0. The molecule has 10 nitrogen and oxygen atoms in total. The third-order valence-electron chi connectivity index (χ3n) is 5.49. The van der Waals surface area contributed by atoms with Gasteiger partial charge in [0.2, 0.25) is 17.5 Å². The fraction of sp³-hybridized carbons (Fsp3) is 0.333. The van der Waals surface area contributed by atoms with Crippen molar-refractivity contribution in [1.82, 2.24) is 0 Å². The minimum atomic E-state index is -2.41. The van der Waals surface area contributed by atoms with Crippen LogP contribution in [-0.4, -0.2) is 65.8 Å². The fourth-order valence-electron chi connectivity index (χ4n) is 3.80. The predicted octanol–water partition coefficient (Wildman–Crippen LogP) is 2.06. The Morgan fingerprint density at radius 1 is 0.882 bits per heavy atom. The van der Waals surface area contributed by atoms with Gasteiger partial charge in [-0.1, -0.05) is 12.1 Å². The van der Waals surface area contributed by atoms with E-state index in [0.717, 1.165) is 7.11 Å². The van der Waals surface area contributed by atoms with Crippen molar-refractivity contribution in [2.24, 2.45) is 0 Å². The lowest BCUT2D eigenvalue weighted by Crippen LogP contribution is -2.49. The zero-order valence-electron chi connectivity index (χ0n) is 19.7. The quantitative estimate of drug-likeness (QED) is 0.541. The highest BCUT2D eigenvalue weighted by Crippen LogP contribution is 2.45. The summed E-state index contributed by atoms with van der Waals surface area (Å²) in [5, 5.41) is 11.6. The van der Waals surface area contributed by atoms with Gasteiger partial charge in [0.1, 0.15) is 11.3 Å². The maximum Gasteiger partial charge on any atom is 0.347 e. The number of hydrogen-bond donors (Lipinski definition) is 1. The van der Waals surface area contributed by atoms with E-state index < -0.39 is 23.6 Å². The molecule has 2 aromatic rings. The molecule has 0 aromatic heterocycles. The summed E-state index contributed by atoms with van der Waals surface area (Å²) in [6.45, 7) is 0. The topological polar surface area (TPSA) is 119 Å². The predicted molar refractivity (Wildman–Crippen MR) is 119 cm³/mol. The maximum atomic E-state index is 13.0. The molecule has 1 N–H and O–H groups in total. The van der Waals surface area contributed by atoms with Gasteiger partial charge < -0.3 is 38.3 Å². The van der Waals surface area contributed by atoms with Crippen LogP contribution in [-0.2, 0) is 29.4 Å². The molecule has 0 amide bonds. The normalized spacial score (nSPS) is 16.9. The molecule has 0 saturated heterocycles. The van der Waals surface area contributed by atoms with Gasteiger partial charge in [-0.25, -0.2) is 9.59 Å². The number of carbonyl (C=O) groups is 2. The highest BCUT2D eigenvalue weighted by atomic mass is 16.6. The zero-order chi connectivity index (χ0) is 25.0. The molecule has 3 rings (SSSR count). The molecule has 2 atom stereocenters. The molecule has 182 valence electrons. The summed E-state index contributed by atoms with van der Waals surface area (Å²) in [5.74, 6) is -0.560. The number of rotatable bonds is 9. The Bertz CT molecular complexity index is 1080. The second-order valence-electron chi connectivity index (χ2n) is 7.13. The van der Waals surface area contributed by atoms with Crippen molar-refractivity contribution in [2.45, 2.75) is 11.7 Å². The number of carbonyl (C=O) groups excluding carboxylic acids is 2. The smallest absolute Gasteiger partial charge is 0.347 e. The third-order valence-corrected chi connectivity index (χ3v) is 5.49. The van der Waals surface area contributed by atoms with E-state index in [0.29, 0.717) is 17.1 Å². The van der Waals surface area contributed by atoms with Crippen molar-refractivity contribution in [3.8, 4) is 23.0 Å². The Morgan fingerprint density at radius 3 is 1.91 bits per heavy atom. The van der Waals surface area contributed by atoms with Crippen molar-refractivity contribution in [3.05, 3.63) is 53.3 Å². The third kappa shape index (κ3) is 3.96. The minimum Gasteiger partial charge on any atom is -0.497 e. The number of esters is 2. The van der Waals surface area contributed by atoms with E-state index in [-0.39, 0.29) is 28.4 Å². The molecule has 10 heteroatoms. The summed E-state index contributed by atoms with van der Waals surface area (Å²) >= 11 is 0. The van der Waals surface area contributed by atoms with E-state index in [9.17, 15) is 14.7 Å². The van der Waals surface area contributed by atoms with Crippen molar-refractivity contribution in [1.29, 1.82) is 0 Å². The largest absolute Gasteiger partial charge is 0.497 e. The Labute approximate surface area is 196 Å². The molecule has 0 aliphatic carbocycles. The minimum absolute atomic E-state index is 0.0254. The fourth-order valence-corrected chi connectivity index (χ4v) is 3.80. The second-order valence-corrected chi connectivity index (χ2v) is 7.13. The standard InChI is InChI=1S/C24H26O10/c1-28-15-9-7-14(8-10-15)24(27,23(26)33-6)21-20(32-5)18(22(25)34-21)13-11-16(29-2)19(31-4)17(12-13)30-3/h7-12,21,27H,1-6H3. The second kappa shape index (κ2) is 9.92. The molecule has 1 aliphatic rings. The van der Waals surface area contributed by atoms with Gasteiger partial charge in [0.15, 0.2) is 17.3 Å². The summed E-state index contributed by atoms with van der Waals surface area (Å²) < 4.78 is 37.1. The average molecular weight is 474 g/mol. The van der Waals surface area contributed by atoms with Crippen molar-refractivity contribution in [2.75, 3.05) is 42.7 Å². The van der Waals surface area contributed by atoms with Crippen LogP contribution in [0.2, 0.25) is 0 Å². The van der Waals surface area contributed by atoms with Gasteiger partial charge >= 0.3 is 11.9 Å². The van der Waals surface area contributed by atoms with E-state index in [1.807, 2.05) is 0 Å². The van der Waals surface area contributed by atoms with Crippen LogP contribution in [0.3, 0.4) is 0 Å². The van der Waals surface area contributed by atoms with Crippen molar-refractivity contribution in [3.63, 3.8) is 0 Å². The first-order valence-corrected chi connectivity index (χ1v) is 10.0. The summed E-state index contributed by atoms with van der Waals surface area (Å²) in [5.41, 5.74) is -2.02. The van der Waals surface area contributed by atoms with Crippen molar-refractivity contribution >= 4 is 17.5 Å². The van der Waals surface area contributed by atoms with Gasteiger partial charge in [-0.2, -0.15) is 0 Å². The molecule has 1 aliphatic heterocycles. The lowest BCUT2D eigenvalue weighted by molar-refractivity contribution is -0.182. The highest BCUT2D eigenvalue weighted by Gasteiger charge is 2.56. The van der Waals surface area contributed by atoms with E-state index in [1.165, 1.54) is 59.8 Å². The molecular weight excluding hydrogens is 448 g/mol. The van der Waals surface area contributed by atoms with Gasteiger partial charge in [0.25, 0.3) is 0 Å². The van der Waals surface area contributed by atoms with Crippen LogP contribution in [0.15, 0.2) is 42.2 Å². The summed E-state index contributed by atoms with van der Waals surface area (Å²) in [4.78, 5) is 25.9. The summed E-state index contributed by atoms with van der Waals surface area (Å²) in [7, 11) is 8.21. The van der Waals surface area contributed by atoms with Crippen molar-refractivity contribution < 1.29 is 47.9 Å². The van der Waals surface area contributed by atoms with Crippen LogP contribution in [0.5, 0.6) is 23.0 Å². The van der Waals surface area contributed by atoms with Crippen LogP contribution in [0.4, 0.5) is 0 Å². The molecule has 0 radical (unpaired) electrons. The van der Waals surface area contributed by atoms with E-state index >= 15 is 0 Å². The first-order chi connectivity index (χ1) is 16.3. The average Bonchev–Trinajstić information content (AvgIpc) is 3.23. The molecule has 1 heterocycles. The van der Waals surface area contributed by atoms with Gasteiger partial charge in [0, 0.05) is 5.56 Å². The molecule has 0 saturated carbocycles. The lowest BCUT2D eigenvalue weighted by atomic mass is 9.86. The molecule has 0 bridgehead atoms. The SMILES string of the molecule is COC(=O)C(O)(c1ccc(OC)cc1)C1OC(=O)C(c2cc(OC)c(OC)c(OC)c2)=C1OC. The molecule has 2 unspecified atom stereocenters. The van der Waals surface area contributed by atoms with Crippen LogP contribution in [0, 0.1) is 0 Å². The number of cyclic esters (lactones) is 1. The Balaban J connectivity index is 2.22. The van der Waals surface area contributed by atoms with Crippen LogP contribution in [0.1, 0.15) is 11.1 Å². The van der Waals surface area contributed by atoms with Gasteiger partial charge in [-0.05, 0) is 29.8 Å². The lowest BCUT2D eigenvalue weighted by Gasteiger charge is -2.31. The Hall–Kier alpha value is -3.92. The molecular formula is C24H26O10. The Morgan fingerprint density at radius 2 is 1.47 bits per heavy atom. The van der Waals surface area contributed by atoms with E-state index in [2.05, 4.69) is 0 Å². The van der Waals surface area contributed by atoms with Gasteiger partial charge in [-0.3, -0.25) is 0 Å². The number of hydrogen-bond acceptors (Lipinski definition) is 10. The number of methoxy groups -OCH3 is 6. The Kier molecular flexibility index (Phi) is 7.21. The van der Waals surface area contributed by atoms with Crippen LogP contribution < -0.4 is 18.9 Å². The summed E-state index contributed by atoms with van der Waals surface area (Å²) in [6.07, 6.45) is -1.54. The van der Waals surface area contributed by atoms with E-state index in [1.54, 1.807) is 12.1 Å². The van der Waals surface area contributed by atoms with E-state index in [4.69, 9.17) is 33.2 Å². The summed E-state index contributed by atoms with van der Waals surface area (Å²) in [6, 6.07) is 9.10. The molecule has 0 fully saturated rings. The van der Waals surface area contributed by atoms with Crippen LogP contribution in [0.25, 0.3) is 5.57 Å². The number of aliphatic hydroxyl groups is 1. The maximum absolute atomic E-state index is 13.0. The number of benzene rings is 2. The molecule has 2 aromatic carbocycles. The molecule has 0 spiro atoms. The number of ether oxygens (including phenoxy) is 7. The first kappa shape index (κ1) is 24.7. The molecule has 34 heavy (non-hydrogen) atoms. The van der Waals surface area contributed by atoms with Crippen LogP contribution >= 0.6 is 0 Å². The zero-order valence-corrected chi connectivity index (χ0v) is 19.7.